The highest BCUT2D eigenvalue weighted by Gasteiger charge is 2.40. The van der Waals surface area contributed by atoms with Crippen LogP contribution in [0.4, 0.5) is 4.39 Å². The molecule has 0 spiro atoms. The number of hydrogen-bond donors (Lipinski definition) is 1. The van der Waals surface area contributed by atoms with Crippen LogP contribution in [0.2, 0.25) is 0 Å². The van der Waals surface area contributed by atoms with Gasteiger partial charge in [-0.25, -0.2) is 12.8 Å². The van der Waals surface area contributed by atoms with Crippen LogP contribution in [-0.2, 0) is 27.7 Å². The molecule has 1 atom stereocenters. The van der Waals surface area contributed by atoms with Crippen LogP contribution in [0.15, 0.2) is 47.4 Å². The third-order valence-corrected chi connectivity index (χ3v) is 6.90. The summed E-state index contributed by atoms with van der Waals surface area (Å²) in [5, 5.41) is 2.64. The SMILES string of the molecule is O=C1NCCN(S(=O)(=O)c2ccc3c(c2)CCC3)C1c1ccccc1F. The molecule has 7 heteroatoms. The van der Waals surface area contributed by atoms with E-state index < -0.39 is 27.8 Å². The summed E-state index contributed by atoms with van der Waals surface area (Å²) in [4.78, 5) is 12.6. The van der Waals surface area contributed by atoms with Crippen molar-refractivity contribution in [1.29, 1.82) is 0 Å². The number of carbonyl (C=O) groups is 1. The van der Waals surface area contributed by atoms with Gasteiger partial charge in [-0.3, -0.25) is 4.79 Å². The summed E-state index contributed by atoms with van der Waals surface area (Å²) in [7, 11) is -3.92. The quantitative estimate of drug-likeness (QED) is 0.896. The van der Waals surface area contributed by atoms with Crippen molar-refractivity contribution in [3.63, 3.8) is 0 Å². The van der Waals surface area contributed by atoms with Gasteiger partial charge in [0.25, 0.3) is 0 Å². The van der Waals surface area contributed by atoms with E-state index in [0.29, 0.717) is 0 Å². The van der Waals surface area contributed by atoms with Crippen LogP contribution in [0.5, 0.6) is 0 Å². The largest absolute Gasteiger partial charge is 0.353 e. The van der Waals surface area contributed by atoms with Crippen LogP contribution >= 0.6 is 0 Å². The van der Waals surface area contributed by atoms with Crippen molar-refractivity contribution in [1.82, 2.24) is 9.62 Å². The molecule has 2 aliphatic rings. The van der Waals surface area contributed by atoms with Crippen LogP contribution in [0.25, 0.3) is 0 Å². The average Bonchev–Trinajstić information content (AvgIpc) is 3.10. The first kappa shape index (κ1) is 17.2. The van der Waals surface area contributed by atoms with Crippen molar-refractivity contribution in [3.05, 3.63) is 65.0 Å². The Hall–Kier alpha value is -2.25. The van der Waals surface area contributed by atoms with Crippen molar-refractivity contribution in [2.75, 3.05) is 13.1 Å². The van der Waals surface area contributed by atoms with Gasteiger partial charge in [0, 0.05) is 18.7 Å². The van der Waals surface area contributed by atoms with E-state index in [1.54, 1.807) is 18.2 Å². The number of amides is 1. The normalized spacial score (nSPS) is 20.7. The van der Waals surface area contributed by atoms with Gasteiger partial charge in [0.1, 0.15) is 11.9 Å². The topological polar surface area (TPSA) is 66.5 Å². The number of benzene rings is 2. The minimum Gasteiger partial charge on any atom is -0.353 e. The maximum Gasteiger partial charge on any atom is 0.244 e. The zero-order valence-corrected chi connectivity index (χ0v) is 14.9. The Morgan fingerprint density at radius 1 is 1.08 bits per heavy atom. The number of halogens is 1. The molecule has 4 rings (SSSR count). The summed E-state index contributed by atoms with van der Waals surface area (Å²) in [5.41, 5.74) is 2.27. The number of sulfonamides is 1. The lowest BCUT2D eigenvalue weighted by atomic mass is 10.0. The Labute approximate surface area is 151 Å². The first-order valence-corrected chi connectivity index (χ1v) is 10.1. The van der Waals surface area contributed by atoms with Crippen LogP contribution in [0.3, 0.4) is 0 Å². The molecule has 0 bridgehead atoms. The second-order valence-electron chi connectivity index (χ2n) is 6.61. The highest BCUT2D eigenvalue weighted by Crippen LogP contribution is 2.33. The van der Waals surface area contributed by atoms with Gasteiger partial charge in [0.2, 0.25) is 15.9 Å². The monoisotopic (exact) mass is 374 g/mol. The van der Waals surface area contributed by atoms with Crippen molar-refractivity contribution in [2.45, 2.75) is 30.2 Å². The molecule has 2 aromatic carbocycles. The summed E-state index contributed by atoms with van der Waals surface area (Å²) >= 11 is 0. The molecular formula is C19H19FN2O3S. The van der Waals surface area contributed by atoms with E-state index in [9.17, 15) is 17.6 Å². The first-order chi connectivity index (χ1) is 12.5. The number of hydrogen-bond acceptors (Lipinski definition) is 3. The molecule has 136 valence electrons. The number of nitrogens with zero attached hydrogens (tertiary/aromatic N) is 1. The average molecular weight is 374 g/mol. The molecule has 1 saturated heterocycles. The van der Waals surface area contributed by atoms with E-state index in [4.69, 9.17) is 0 Å². The third kappa shape index (κ3) is 2.81. The van der Waals surface area contributed by atoms with Gasteiger partial charge < -0.3 is 5.32 Å². The van der Waals surface area contributed by atoms with Crippen molar-refractivity contribution >= 4 is 15.9 Å². The number of nitrogens with one attached hydrogen (secondary N) is 1. The highest BCUT2D eigenvalue weighted by atomic mass is 32.2. The fraction of sp³-hybridized carbons (Fsp3) is 0.316. The molecule has 0 aromatic heterocycles. The minimum atomic E-state index is -3.92. The lowest BCUT2D eigenvalue weighted by molar-refractivity contribution is -0.127. The fourth-order valence-corrected chi connectivity index (χ4v) is 5.36. The Kier molecular flexibility index (Phi) is 4.28. The lowest BCUT2D eigenvalue weighted by Gasteiger charge is -2.34. The predicted octanol–water partition coefficient (Wildman–Crippen LogP) is 2.18. The van der Waals surface area contributed by atoms with Gasteiger partial charge in [-0.15, -0.1) is 0 Å². The molecule has 26 heavy (non-hydrogen) atoms. The van der Waals surface area contributed by atoms with Gasteiger partial charge in [-0.2, -0.15) is 4.31 Å². The van der Waals surface area contributed by atoms with Gasteiger partial charge in [-0.05, 0) is 48.6 Å². The molecule has 1 heterocycles. The molecule has 0 saturated carbocycles. The standard InChI is InChI=1S/C19H19FN2O3S/c20-17-7-2-1-6-16(17)18-19(23)21-10-11-22(18)26(24,25)15-9-8-13-4-3-5-14(13)12-15/h1-2,6-9,12,18H,3-5,10-11H2,(H,21,23). The Balaban J connectivity index is 1.78. The van der Waals surface area contributed by atoms with Gasteiger partial charge in [-0.1, -0.05) is 24.3 Å². The molecule has 1 amide bonds. The summed E-state index contributed by atoms with van der Waals surface area (Å²) in [6.07, 6.45) is 2.83. The summed E-state index contributed by atoms with van der Waals surface area (Å²) in [6, 6.07) is 9.72. The maximum absolute atomic E-state index is 14.3. The molecule has 1 aliphatic heterocycles. The van der Waals surface area contributed by atoms with E-state index in [0.717, 1.165) is 29.1 Å². The molecule has 5 nitrogen and oxygen atoms in total. The number of aryl methyl sites for hydroxylation is 2. The molecule has 1 aliphatic carbocycles. The van der Waals surface area contributed by atoms with Crippen molar-refractivity contribution in [3.8, 4) is 0 Å². The van der Waals surface area contributed by atoms with Gasteiger partial charge in [0.05, 0.1) is 4.90 Å². The van der Waals surface area contributed by atoms with Crippen LogP contribution in [0, 0.1) is 5.82 Å². The molecule has 1 unspecified atom stereocenters. The molecule has 2 aromatic rings. The molecule has 0 radical (unpaired) electrons. The summed E-state index contributed by atoms with van der Waals surface area (Å²) < 4.78 is 41.9. The van der Waals surface area contributed by atoms with Crippen LogP contribution in [0.1, 0.15) is 29.2 Å². The van der Waals surface area contributed by atoms with E-state index in [-0.39, 0.29) is 23.5 Å². The zero-order chi connectivity index (χ0) is 18.3. The van der Waals surface area contributed by atoms with E-state index in [1.807, 2.05) is 6.07 Å². The first-order valence-electron chi connectivity index (χ1n) is 8.64. The lowest BCUT2D eigenvalue weighted by Crippen LogP contribution is -2.52. The van der Waals surface area contributed by atoms with Gasteiger partial charge >= 0.3 is 0 Å². The third-order valence-electron chi connectivity index (χ3n) is 5.04. The molecule has 1 fully saturated rings. The number of piperazine rings is 1. The second kappa shape index (κ2) is 6.48. The number of carbonyl (C=O) groups excluding carboxylic acids is 1. The van der Waals surface area contributed by atoms with E-state index in [2.05, 4.69) is 5.32 Å². The second-order valence-corrected chi connectivity index (χ2v) is 8.51. The van der Waals surface area contributed by atoms with Crippen LogP contribution < -0.4 is 5.32 Å². The molecule has 1 N–H and O–H groups in total. The van der Waals surface area contributed by atoms with E-state index in [1.165, 1.54) is 23.8 Å². The van der Waals surface area contributed by atoms with Crippen molar-refractivity contribution in [2.24, 2.45) is 0 Å². The number of fused-ring (bicyclic) bond motifs is 1. The Morgan fingerprint density at radius 3 is 2.65 bits per heavy atom. The fourth-order valence-electron chi connectivity index (χ4n) is 3.74. The zero-order valence-electron chi connectivity index (χ0n) is 14.1. The van der Waals surface area contributed by atoms with Crippen LogP contribution in [-0.4, -0.2) is 31.7 Å². The highest BCUT2D eigenvalue weighted by molar-refractivity contribution is 7.89. The smallest absolute Gasteiger partial charge is 0.244 e. The van der Waals surface area contributed by atoms with Gasteiger partial charge in [0.15, 0.2) is 0 Å². The minimum absolute atomic E-state index is 0.0643. The summed E-state index contributed by atoms with van der Waals surface area (Å²) in [5.74, 6) is -1.10. The number of rotatable bonds is 3. The van der Waals surface area contributed by atoms with E-state index >= 15 is 0 Å². The van der Waals surface area contributed by atoms with Crippen molar-refractivity contribution < 1.29 is 17.6 Å². The Bertz CT molecular complexity index is 974. The summed E-state index contributed by atoms with van der Waals surface area (Å²) in [6.45, 7) is 0.304. The maximum atomic E-state index is 14.3. The Morgan fingerprint density at radius 2 is 1.85 bits per heavy atom. The predicted molar refractivity (Wildman–Crippen MR) is 94.5 cm³/mol. The molecular weight excluding hydrogens is 355 g/mol.